The van der Waals surface area contributed by atoms with Gasteiger partial charge >= 0.3 is 0 Å². The van der Waals surface area contributed by atoms with Crippen molar-refractivity contribution in [1.82, 2.24) is 0 Å². The van der Waals surface area contributed by atoms with Gasteiger partial charge in [-0.2, -0.15) is 0 Å². The predicted octanol–water partition coefficient (Wildman–Crippen LogP) is 5.14. The first-order chi connectivity index (χ1) is 8.81. The van der Waals surface area contributed by atoms with E-state index in [2.05, 4.69) is 71.0 Å². The van der Waals surface area contributed by atoms with Gasteiger partial charge < -0.3 is 5.73 Å². The highest BCUT2D eigenvalue weighted by molar-refractivity contribution is 5.94. The Labute approximate surface area is 116 Å². The first-order valence-corrected chi connectivity index (χ1v) is 7.09. The van der Waals surface area contributed by atoms with Gasteiger partial charge in [0, 0.05) is 11.1 Å². The molecule has 0 fully saturated rings. The van der Waals surface area contributed by atoms with Gasteiger partial charge in [-0.1, -0.05) is 77.4 Å². The zero-order valence-electron chi connectivity index (χ0n) is 12.7. The van der Waals surface area contributed by atoms with Crippen LogP contribution in [0.4, 0.5) is 5.69 Å². The fourth-order valence-corrected chi connectivity index (χ4v) is 2.65. The molecule has 0 aromatic heterocycles. The van der Waals surface area contributed by atoms with E-state index in [0.29, 0.717) is 0 Å². The highest BCUT2D eigenvalue weighted by Gasteiger charge is 2.38. The maximum Gasteiger partial charge on any atom is 0.0431 e. The Morgan fingerprint density at radius 3 is 2.21 bits per heavy atom. The van der Waals surface area contributed by atoms with Gasteiger partial charge in [0.05, 0.1) is 0 Å². The fourth-order valence-electron chi connectivity index (χ4n) is 2.65. The van der Waals surface area contributed by atoms with Crippen LogP contribution in [0.25, 0.3) is 10.8 Å². The van der Waals surface area contributed by atoms with Crippen molar-refractivity contribution in [1.29, 1.82) is 0 Å². The number of nitrogen functional groups attached to an aromatic ring is 1. The Morgan fingerprint density at radius 2 is 1.58 bits per heavy atom. The van der Waals surface area contributed by atoms with Gasteiger partial charge in [0.1, 0.15) is 0 Å². The summed E-state index contributed by atoms with van der Waals surface area (Å²) in [5, 5.41) is 2.38. The molecule has 2 rings (SSSR count). The van der Waals surface area contributed by atoms with Crippen LogP contribution in [-0.2, 0) is 5.41 Å². The molecule has 0 spiro atoms. The van der Waals surface area contributed by atoms with E-state index in [4.69, 9.17) is 5.73 Å². The molecule has 1 heteroatoms. The lowest BCUT2D eigenvalue weighted by Crippen LogP contribution is -2.36. The van der Waals surface area contributed by atoms with Crippen molar-refractivity contribution in [2.45, 2.75) is 46.5 Å². The summed E-state index contributed by atoms with van der Waals surface area (Å²) in [6, 6.07) is 12.7. The summed E-state index contributed by atoms with van der Waals surface area (Å²) in [4.78, 5) is 0. The van der Waals surface area contributed by atoms with Gasteiger partial charge in [0.15, 0.2) is 0 Å². The molecular weight excluding hydrogens is 230 g/mol. The zero-order valence-corrected chi connectivity index (χ0v) is 12.7. The number of rotatable bonds is 3. The molecule has 0 bridgehead atoms. The second-order valence-corrected chi connectivity index (χ2v) is 6.61. The van der Waals surface area contributed by atoms with Crippen molar-refractivity contribution >= 4 is 16.5 Å². The monoisotopic (exact) mass is 255 g/mol. The minimum atomic E-state index is 0.0515. The van der Waals surface area contributed by atoms with E-state index < -0.39 is 0 Å². The van der Waals surface area contributed by atoms with E-state index in [-0.39, 0.29) is 10.8 Å². The predicted molar refractivity (Wildman–Crippen MR) is 85.5 cm³/mol. The first kappa shape index (κ1) is 13.9. The van der Waals surface area contributed by atoms with Gasteiger partial charge in [0.2, 0.25) is 0 Å². The average molecular weight is 255 g/mol. The molecule has 0 aliphatic carbocycles. The lowest BCUT2D eigenvalue weighted by Gasteiger charge is -2.42. The largest absolute Gasteiger partial charge is 0.398 e. The summed E-state index contributed by atoms with van der Waals surface area (Å²) in [5.41, 5.74) is 8.92. The molecule has 0 amide bonds. The molecule has 0 saturated heterocycles. The Balaban J connectivity index is 2.67. The fraction of sp³-hybridized carbons (Fsp3) is 0.444. The molecule has 2 N–H and O–H groups in total. The summed E-state index contributed by atoms with van der Waals surface area (Å²) in [6.07, 6.45) is 1.13. The molecule has 0 atom stereocenters. The molecular formula is C18H25N. The maximum atomic E-state index is 6.46. The molecule has 0 unspecified atom stereocenters. The van der Waals surface area contributed by atoms with Crippen molar-refractivity contribution in [2.75, 3.05) is 5.73 Å². The number of hydrogen-bond acceptors (Lipinski definition) is 1. The van der Waals surface area contributed by atoms with Gasteiger partial charge in [-0.3, -0.25) is 0 Å². The van der Waals surface area contributed by atoms with Crippen LogP contribution in [0.5, 0.6) is 0 Å². The highest BCUT2D eigenvalue weighted by atomic mass is 14.6. The SMILES string of the molecule is CCC(C)(C)C(C)(C)c1ccc2ccccc2c1N. The summed E-state index contributed by atoms with van der Waals surface area (Å²) < 4.78 is 0. The van der Waals surface area contributed by atoms with E-state index in [1.165, 1.54) is 16.3 Å². The number of anilines is 1. The van der Waals surface area contributed by atoms with Crippen LogP contribution in [-0.4, -0.2) is 0 Å². The van der Waals surface area contributed by atoms with Crippen LogP contribution in [0, 0.1) is 5.41 Å². The van der Waals surface area contributed by atoms with Gasteiger partial charge in [-0.25, -0.2) is 0 Å². The van der Waals surface area contributed by atoms with Gasteiger partial charge in [-0.05, 0) is 21.8 Å². The number of benzene rings is 2. The number of nitrogens with two attached hydrogens (primary N) is 1. The quantitative estimate of drug-likeness (QED) is 0.755. The van der Waals surface area contributed by atoms with Crippen LogP contribution in [0.1, 0.15) is 46.6 Å². The summed E-state index contributed by atoms with van der Waals surface area (Å²) in [5.74, 6) is 0. The van der Waals surface area contributed by atoms with Crippen LogP contribution < -0.4 is 5.73 Å². The third kappa shape index (κ3) is 2.11. The molecule has 0 heterocycles. The standard InChI is InChI=1S/C18H25N/c1-6-17(2,3)18(4,5)15-12-11-13-9-7-8-10-14(13)16(15)19/h7-12H,6,19H2,1-5H3. The second kappa shape index (κ2) is 4.56. The molecule has 19 heavy (non-hydrogen) atoms. The van der Waals surface area contributed by atoms with Crippen molar-refractivity contribution in [3.05, 3.63) is 42.0 Å². The third-order valence-corrected chi connectivity index (χ3v) is 5.22. The number of fused-ring (bicyclic) bond motifs is 1. The van der Waals surface area contributed by atoms with E-state index in [1.54, 1.807) is 0 Å². The molecule has 0 saturated carbocycles. The minimum absolute atomic E-state index is 0.0515. The molecule has 102 valence electrons. The highest BCUT2D eigenvalue weighted by Crippen LogP contribution is 2.46. The summed E-state index contributed by atoms with van der Waals surface area (Å²) in [6.45, 7) is 11.5. The Bertz CT molecular complexity index is 594. The van der Waals surface area contributed by atoms with Crippen molar-refractivity contribution in [3.8, 4) is 0 Å². The Kier molecular flexibility index (Phi) is 3.34. The van der Waals surface area contributed by atoms with E-state index in [9.17, 15) is 0 Å². The van der Waals surface area contributed by atoms with Crippen molar-refractivity contribution < 1.29 is 0 Å². The van der Waals surface area contributed by atoms with E-state index in [1.807, 2.05) is 0 Å². The van der Waals surface area contributed by atoms with Crippen LogP contribution in [0.3, 0.4) is 0 Å². The smallest absolute Gasteiger partial charge is 0.0431 e. The molecule has 0 aliphatic heterocycles. The van der Waals surface area contributed by atoms with Crippen molar-refractivity contribution in [3.63, 3.8) is 0 Å². The van der Waals surface area contributed by atoms with Crippen LogP contribution in [0.15, 0.2) is 36.4 Å². The normalized spacial score (nSPS) is 12.9. The Hall–Kier alpha value is -1.50. The maximum absolute atomic E-state index is 6.46. The van der Waals surface area contributed by atoms with Crippen LogP contribution in [0.2, 0.25) is 0 Å². The van der Waals surface area contributed by atoms with E-state index in [0.717, 1.165) is 12.1 Å². The first-order valence-electron chi connectivity index (χ1n) is 7.09. The molecule has 1 nitrogen and oxygen atoms in total. The summed E-state index contributed by atoms with van der Waals surface area (Å²) >= 11 is 0. The Morgan fingerprint density at radius 1 is 0.947 bits per heavy atom. The van der Waals surface area contributed by atoms with Gasteiger partial charge in [-0.15, -0.1) is 0 Å². The third-order valence-electron chi connectivity index (χ3n) is 5.22. The molecule has 0 radical (unpaired) electrons. The molecule has 2 aromatic rings. The minimum Gasteiger partial charge on any atom is -0.398 e. The van der Waals surface area contributed by atoms with Gasteiger partial charge in [0.25, 0.3) is 0 Å². The average Bonchev–Trinajstić information content (AvgIpc) is 2.39. The zero-order chi connectivity index (χ0) is 14.3. The van der Waals surface area contributed by atoms with E-state index >= 15 is 0 Å². The molecule has 0 aliphatic rings. The summed E-state index contributed by atoms with van der Waals surface area (Å²) in [7, 11) is 0. The van der Waals surface area contributed by atoms with Crippen molar-refractivity contribution in [2.24, 2.45) is 5.41 Å². The molecule has 2 aromatic carbocycles. The lowest BCUT2D eigenvalue weighted by molar-refractivity contribution is 0.190. The second-order valence-electron chi connectivity index (χ2n) is 6.61. The lowest BCUT2D eigenvalue weighted by atomic mass is 9.62. The van der Waals surface area contributed by atoms with Crippen LogP contribution >= 0.6 is 0 Å². The number of hydrogen-bond donors (Lipinski definition) is 1. The topological polar surface area (TPSA) is 26.0 Å².